The molecule has 2 aromatic rings. The Morgan fingerprint density at radius 1 is 1.08 bits per heavy atom. The van der Waals surface area contributed by atoms with Crippen molar-refractivity contribution < 1.29 is 55.7 Å². The Labute approximate surface area is 222 Å². The topological polar surface area (TPSA) is 129 Å². The molecule has 2 aliphatic rings. The first-order valence-electron chi connectivity index (χ1n) is 11.3. The molecule has 0 radical (unpaired) electrons. The van der Waals surface area contributed by atoms with Crippen LogP contribution in [-0.2, 0) is 20.9 Å². The van der Waals surface area contributed by atoms with Gasteiger partial charge in [-0.25, -0.2) is 9.59 Å². The monoisotopic (exact) mass is 585 g/mol. The predicted molar refractivity (Wildman–Crippen MR) is 125 cm³/mol. The van der Waals surface area contributed by atoms with Crippen molar-refractivity contribution in [2.45, 2.75) is 31.4 Å². The highest BCUT2D eigenvalue weighted by atomic mass is 32.1. The summed E-state index contributed by atoms with van der Waals surface area (Å²) in [6, 6.07) is 7.88. The summed E-state index contributed by atoms with van der Waals surface area (Å²) in [5.74, 6) is -4.46. The highest BCUT2D eigenvalue weighted by Gasteiger charge is 2.41. The van der Waals surface area contributed by atoms with E-state index in [9.17, 15) is 31.1 Å². The molecule has 16 heteroatoms. The first-order valence-corrected chi connectivity index (χ1v) is 12.2. The lowest BCUT2D eigenvalue weighted by Gasteiger charge is -2.35. The van der Waals surface area contributed by atoms with E-state index < -0.39 is 24.3 Å². The van der Waals surface area contributed by atoms with E-state index in [2.05, 4.69) is 32.7 Å². The molecule has 3 atom stereocenters. The Balaban J connectivity index is 0.000000317. The summed E-state index contributed by atoms with van der Waals surface area (Å²) in [5.41, 5.74) is 0.600. The van der Waals surface area contributed by atoms with Gasteiger partial charge in [0.25, 0.3) is 5.91 Å². The number of amides is 1. The third-order valence-electron chi connectivity index (χ3n) is 5.71. The smallest absolute Gasteiger partial charge is 0.475 e. The zero-order valence-electron chi connectivity index (χ0n) is 20.1. The molecule has 0 aliphatic carbocycles. The van der Waals surface area contributed by atoms with Gasteiger partial charge in [0.2, 0.25) is 0 Å². The molecule has 3 N–H and O–H groups in total. The fourth-order valence-electron chi connectivity index (χ4n) is 3.93. The number of hydrogen-bond acceptors (Lipinski definition) is 7. The molecule has 2 aliphatic heterocycles. The Morgan fingerprint density at radius 2 is 1.72 bits per heavy atom. The van der Waals surface area contributed by atoms with Gasteiger partial charge in [-0.05, 0) is 42.5 Å². The minimum absolute atomic E-state index is 0.0738. The molecule has 0 spiro atoms. The number of aromatic nitrogens is 1. The van der Waals surface area contributed by atoms with Gasteiger partial charge in [0.1, 0.15) is 0 Å². The molecule has 0 aromatic carbocycles. The van der Waals surface area contributed by atoms with E-state index in [0.29, 0.717) is 23.9 Å². The van der Waals surface area contributed by atoms with E-state index in [0.717, 1.165) is 32.7 Å². The van der Waals surface area contributed by atoms with Crippen molar-refractivity contribution in [3.8, 4) is 0 Å². The van der Waals surface area contributed by atoms with E-state index in [1.807, 2.05) is 11.3 Å². The largest absolute Gasteiger partial charge is 0.490 e. The summed E-state index contributed by atoms with van der Waals surface area (Å²) in [4.78, 5) is 37.9. The number of halogens is 6. The molecular weight excluding hydrogens is 560 g/mol. The number of rotatable bonds is 5. The number of ether oxygens (including phenoxy) is 1. The first kappa shape index (κ1) is 32.0. The molecule has 2 fully saturated rings. The average Bonchev–Trinajstić information content (AvgIpc) is 3.52. The van der Waals surface area contributed by atoms with Crippen LogP contribution in [0.4, 0.5) is 26.3 Å². The Kier molecular flexibility index (Phi) is 11.7. The second-order valence-corrected chi connectivity index (χ2v) is 9.49. The first-order chi connectivity index (χ1) is 18.2. The molecular formula is C23H25F6N3O6S. The quantitative estimate of drug-likeness (QED) is 0.454. The minimum Gasteiger partial charge on any atom is -0.475 e. The zero-order valence-corrected chi connectivity index (χ0v) is 20.9. The number of thiophene rings is 1. The molecule has 216 valence electrons. The van der Waals surface area contributed by atoms with Crippen molar-refractivity contribution in [2.75, 3.05) is 26.2 Å². The lowest BCUT2D eigenvalue weighted by molar-refractivity contribution is -0.193. The van der Waals surface area contributed by atoms with Crippen LogP contribution in [0.1, 0.15) is 21.7 Å². The Morgan fingerprint density at radius 3 is 2.23 bits per heavy atom. The molecule has 4 rings (SSSR count). The van der Waals surface area contributed by atoms with Crippen LogP contribution >= 0.6 is 11.3 Å². The van der Waals surface area contributed by atoms with Crippen molar-refractivity contribution >= 4 is 29.2 Å². The second kappa shape index (κ2) is 14.2. The number of nitrogens with one attached hydrogen (secondary N) is 1. The third kappa shape index (κ3) is 10.8. The molecule has 0 bridgehead atoms. The van der Waals surface area contributed by atoms with Gasteiger partial charge in [-0.3, -0.25) is 14.7 Å². The van der Waals surface area contributed by atoms with Crippen LogP contribution < -0.4 is 5.32 Å². The van der Waals surface area contributed by atoms with E-state index in [1.54, 1.807) is 24.5 Å². The number of carboxylic acids is 2. The molecule has 39 heavy (non-hydrogen) atoms. The van der Waals surface area contributed by atoms with Gasteiger partial charge in [-0.1, -0.05) is 6.07 Å². The Bertz CT molecular complexity index is 1040. The van der Waals surface area contributed by atoms with Crippen LogP contribution in [0.2, 0.25) is 0 Å². The number of carbonyl (C=O) groups is 3. The molecule has 0 unspecified atom stereocenters. The molecule has 2 aromatic heterocycles. The maximum absolute atomic E-state index is 12.2. The van der Waals surface area contributed by atoms with Gasteiger partial charge in [-0.15, -0.1) is 11.3 Å². The van der Waals surface area contributed by atoms with Crippen molar-refractivity contribution in [3.63, 3.8) is 0 Å². The normalized spacial score (nSPS) is 20.9. The second-order valence-electron chi connectivity index (χ2n) is 8.46. The number of pyridine rings is 1. The maximum atomic E-state index is 12.2. The molecule has 0 saturated carbocycles. The number of likely N-dealkylation sites (tertiary alicyclic amines) is 1. The predicted octanol–water partition coefficient (Wildman–Crippen LogP) is 3.68. The van der Waals surface area contributed by atoms with Crippen molar-refractivity contribution in [1.82, 2.24) is 15.2 Å². The van der Waals surface area contributed by atoms with Crippen molar-refractivity contribution in [1.29, 1.82) is 0 Å². The van der Waals surface area contributed by atoms with Gasteiger partial charge in [-0.2, -0.15) is 26.3 Å². The molecule has 1 amide bonds. The minimum atomic E-state index is -5.08. The number of carboxylic acid groups (broad SMARTS) is 2. The summed E-state index contributed by atoms with van der Waals surface area (Å²) in [7, 11) is 0. The molecule has 2 saturated heterocycles. The number of aliphatic carboxylic acids is 2. The van der Waals surface area contributed by atoms with E-state index in [1.165, 1.54) is 4.88 Å². The van der Waals surface area contributed by atoms with Gasteiger partial charge in [0.15, 0.2) is 0 Å². The molecule has 4 heterocycles. The number of hydrogen-bond donors (Lipinski definition) is 3. The maximum Gasteiger partial charge on any atom is 0.490 e. The van der Waals surface area contributed by atoms with E-state index in [4.69, 9.17) is 24.5 Å². The summed E-state index contributed by atoms with van der Waals surface area (Å²) in [5, 5.41) is 19.4. The third-order valence-corrected chi connectivity index (χ3v) is 6.57. The van der Waals surface area contributed by atoms with Crippen LogP contribution in [0.25, 0.3) is 0 Å². The van der Waals surface area contributed by atoms with Crippen LogP contribution in [0.3, 0.4) is 0 Å². The SMILES string of the molecule is O=C(NC[C@H]1OC[C@@H]2CN(Cc3cccs3)CC[C@@H]21)c1cccnc1.O=C(O)C(F)(F)F.O=C(O)C(F)(F)F. The van der Waals surface area contributed by atoms with Gasteiger partial charge in [0, 0.05) is 42.8 Å². The summed E-state index contributed by atoms with van der Waals surface area (Å²) < 4.78 is 69.5. The van der Waals surface area contributed by atoms with E-state index >= 15 is 0 Å². The van der Waals surface area contributed by atoms with E-state index in [-0.39, 0.29) is 12.0 Å². The number of piperidine rings is 1. The van der Waals surface area contributed by atoms with Gasteiger partial charge in [0.05, 0.1) is 18.3 Å². The summed E-state index contributed by atoms with van der Waals surface area (Å²) in [6.45, 7) is 4.63. The van der Waals surface area contributed by atoms with Crippen molar-refractivity contribution in [3.05, 3.63) is 52.5 Å². The number of fused-ring (bicyclic) bond motifs is 1. The van der Waals surface area contributed by atoms with Gasteiger partial charge < -0.3 is 20.3 Å². The lowest BCUT2D eigenvalue weighted by Crippen LogP contribution is -2.43. The number of nitrogens with zero attached hydrogens (tertiary/aromatic N) is 2. The highest BCUT2D eigenvalue weighted by molar-refractivity contribution is 7.09. The highest BCUT2D eigenvalue weighted by Crippen LogP contribution is 2.34. The van der Waals surface area contributed by atoms with Crippen LogP contribution in [0, 0.1) is 11.8 Å². The zero-order chi connectivity index (χ0) is 29.2. The van der Waals surface area contributed by atoms with Crippen LogP contribution in [0.15, 0.2) is 42.0 Å². The van der Waals surface area contributed by atoms with Crippen LogP contribution in [0.5, 0.6) is 0 Å². The number of alkyl halides is 6. The lowest BCUT2D eigenvalue weighted by atomic mass is 9.84. The van der Waals surface area contributed by atoms with Gasteiger partial charge >= 0.3 is 24.3 Å². The summed E-state index contributed by atoms with van der Waals surface area (Å²) in [6.07, 6.45) is -5.62. The molecule has 9 nitrogen and oxygen atoms in total. The summed E-state index contributed by atoms with van der Waals surface area (Å²) >= 11 is 1.83. The Hall–Kier alpha value is -3.24. The van der Waals surface area contributed by atoms with Crippen molar-refractivity contribution in [2.24, 2.45) is 11.8 Å². The standard InChI is InChI=1S/C19H23N3O2S.2C2HF3O2/c23-19(14-3-1-6-20-9-14)21-10-18-17-5-7-22(11-15(17)13-24-18)12-16-4-2-8-25-16;2*3-2(4,5)1(6)7/h1-4,6,8-9,15,17-18H,5,7,10-13H2,(H,21,23);2*(H,6,7)/t15-,17-,18+;;/m0../s1. The van der Waals surface area contributed by atoms with Crippen LogP contribution in [-0.4, -0.2) is 82.6 Å². The average molecular weight is 586 g/mol. The fourth-order valence-corrected chi connectivity index (χ4v) is 4.68. The fraction of sp³-hybridized carbons (Fsp3) is 0.478. The number of carbonyl (C=O) groups excluding carboxylic acids is 1.